The number of ether oxygens (including phenoxy) is 3. The highest BCUT2D eigenvalue weighted by Gasteiger charge is 2.30. The lowest BCUT2D eigenvalue weighted by Gasteiger charge is -2.31. The number of aromatic nitrogens is 1. The molecule has 0 aliphatic heterocycles. The number of hydrogen-bond donors (Lipinski definition) is 2. The number of benzene rings is 5. The van der Waals surface area contributed by atoms with E-state index in [2.05, 4.69) is 10.9 Å². The van der Waals surface area contributed by atoms with Crippen LogP contribution < -0.4 is 4.57 Å². The molecule has 6 rings (SSSR count). The highest BCUT2D eigenvalue weighted by Crippen LogP contribution is 2.41. The summed E-state index contributed by atoms with van der Waals surface area (Å²) in [5.41, 5.74) is 6.70. The molecular formula is C52H48N3O7+. The van der Waals surface area contributed by atoms with Crippen LogP contribution in [0.25, 0.3) is 38.9 Å². The largest absolute Gasteiger partial charge is 0.508 e. The first-order chi connectivity index (χ1) is 30.1. The summed E-state index contributed by atoms with van der Waals surface area (Å²) in [5, 5.41) is 29.8. The first kappa shape index (κ1) is 44.0. The Labute approximate surface area is 362 Å². The molecule has 1 heterocycles. The van der Waals surface area contributed by atoms with Crippen molar-refractivity contribution in [3.8, 4) is 39.8 Å². The van der Waals surface area contributed by atoms with Crippen molar-refractivity contribution in [3.05, 3.63) is 185 Å². The van der Waals surface area contributed by atoms with Gasteiger partial charge in [-0.05, 0) is 92.9 Å². The van der Waals surface area contributed by atoms with Gasteiger partial charge in [-0.2, -0.15) is 5.26 Å². The first-order valence-electron chi connectivity index (χ1n) is 20.3. The summed E-state index contributed by atoms with van der Waals surface area (Å²) in [7, 11) is 1.27. The lowest BCUT2D eigenvalue weighted by Crippen LogP contribution is -2.35. The molecule has 0 amide bonds. The molecule has 0 saturated carbocycles. The molecule has 6 aromatic rings. The lowest BCUT2D eigenvalue weighted by molar-refractivity contribution is -0.698. The van der Waals surface area contributed by atoms with Crippen LogP contribution in [0.4, 0.5) is 0 Å². The zero-order valence-corrected chi connectivity index (χ0v) is 34.7. The van der Waals surface area contributed by atoms with Gasteiger partial charge >= 0.3 is 11.9 Å². The minimum absolute atomic E-state index is 0.160. The number of esters is 2. The van der Waals surface area contributed by atoms with Gasteiger partial charge in [0.05, 0.1) is 33.0 Å². The van der Waals surface area contributed by atoms with Crippen LogP contribution in [-0.2, 0) is 35.8 Å². The Morgan fingerprint density at radius 1 is 0.806 bits per heavy atom. The minimum Gasteiger partial charge on any atom is -0.508 e. The summed E-state index contributed by atoms with van der Waals surface area (Å²) >= 11 is 0. The summed E-state index contributed by atoms with van der Waals surface area (Å²) in [5.74, 6) is -1.82. The van der Waals surface area contributed by atoms with E-state index in [1.54, 1.807) is 24.3 Å². The molecule has 62 heavy (non-hydrogen) atoms. The van der Waals surface area contributed by atoms with Gasteiger partial charge in [-0.15, -0.1) is 0 Å². The number of carbonyl (C=O) groups excluding carboxylic acids is 2. The Morgan fingerprint density at radius 3 is 1.94 bits per heavy atom. The lowest BCUT2D eigenvalue weighted by atomic mass is 9.73. The van der Waals surface area contributed by atoms with E-state index in [1.165, 1.54) is 7.11 Å². The van der Waals surface area contributed by atoms with Gasteiger partial charge < -0.3 is 24.4 Å². The monoisotopic (exact) mass is 826 g/mol. The summed E-state index contributed by atoms with van der Waals surface area (Å²) in [4.78, 5) is 29.6. The molecule has 10 heteroatoms. The molecule has 1 atom stereocenters. The predicted molar refractivity (Wildman–Crippen MR) is 237 cm³/mol. The van der Waals surface area contributed by atoms with Crippen molar-refractivity contribution in [2.75, 3.05) is 26.9 Å². The van der Waals surface area contributed by atoms with Crippen LogP contribution in [0.5, 0.6) is 11.5 Å². The van der Waals surface area contributed by atoms with Crippen LogP contribution in [-0.4, -0.2) is 49.1 Å². The molecule has 312 valence electrons. The fraction of sp³-hybridized carbons (Fsp3) is 0.212. The molecule has 1 unspecified atom stereocenters. The second-order valence-corrected chi connectivity index (χ2v) is 14.9. The summed E-state index contributed by atoms with van der Waals surface area (Å²) in [6.45, 7) is 12.0. The Balaban J connectivity index is 1.06. The van der Waals surface area contributed by atoms with Gasteiger partial charge in [0.2, 0.25) is 0 Å². The van der Waals surface area contributed by atoms with Crippen LogP contribution in [0.2, 0.25) is 0 Å². The van der Waals surface area contributed by atoms with E-state index in [4.69, 9.17) is 20.8 Å². The van der Waals surface area contributed by atoms with Crippen molar-refractivity contribution >= 4 is 23.7 Å². The Hall–Kier alpha value is -7.53. The Bertz CT molecular complexity index is 2510. The highest BCUT2D eigenvalue weighted by atomic mass is 16.5. The van der Waals surface area contributed by atoms with Crippen LogP contribution in [0.1, 0.15) is 59.9 Å². The smallest absolute Gasteiger partial charge is 0.327 e. The van der Waals surface area contributed by atoms with Gasteiger partial charge in [-0.3, -0.25) is 9.59 Å². The first-order valence-corrected chi connectivity index (χ1v) is 20.3. The maximum Gasteiger partial charge on any atom is 0.327 e. The molecule has 0 fully saturated rings. The fourth-order valence-electron chi connectivity index (χ4n) is 7.36. The molecule has 2 N–H and O–H groups in total. The number of phenolic OH excluding ortho intramolecular Hbond substituents is 2. The average Bonchev–Trinajstić information content (AvgIpc) is 3.31. The molecule has 10 nitrogen and oxygen atoms in total. The quantitative estimate of drug-likeness (QED) is 0.0379. The maximum absolute atomic E-state index is 12.9. The number of rotatable bonds is 18. The summed E-state index contributed by atoms with van der Waals surface area (Å²) in [6.07, 6.45) is 6.88. The van der Waals surface area contributed by atoms with Crippen LogP contribution >= 0.6 is 0 Å². The van der Waals surface area contributed by atoms with Crippen molar-refractivity contribution in [2.24, 2.45) is 0 Å². The van der Waals surface area contributed by atoms with E-state index in [1.807, 2.05) is 139 Å². The number of pyridine rings is 1. The van der Waals surface area contributed by atoms with E-state index in [-0.39, 0.29) is 30.5 Å². The van der Waals surface area contributed by atoms with Crippen LogP contribution in [0.15, 0.2) is 146 Å². The number of carbonyl (C=O) groups is 2. The third kappa shape index (κ3) is 11.0. The fourth-order valence-corrected chi connectivity index (χ4v) is 7.36. The van der Waals surface area contributed by atoms with E-state index in [9.17, 15) is 25.1 Å². The standard InChI is InChI=1S/C52H47N3O7/c1-52(40-15-19-42(56)20-16-40,41-17-21-43(57)22-18-41)26-23-50(58)62-31-10-30-61-32-29-55-27-24-37(25-28-55)33-49(54-2)47-35-44(38-11-6-4-7-12-38)46(48(36-53)51(59)60-3)34-45(47)39-13-8-5-9-14-39/h4-9,11-22,24-25,27-28,33-35,48H,10,23,26,29-32H2,1,3H3,(H-,56,57)/p+1/b49-33-. The van der Waals surface area contributed by atoms with Gasteiger partial charge in [-0.25, -0.2) is 9.41 Å². The second-order valence-electron chi connectivity index (χ2n) is 14.9. The normalized spacial score (nSPS) is 11.8. The number of nitrogens with zero attached hydrogens (tertiary/aromatic N) is 3. The highest BCUT2D eigenvalue weighted by molar-refractivity contribution is 5.96. The molecule has 0 saturated heterocycles. The average molecular weight is 827 g/mol. The SMILES string of the molecule is [C-]#[N+]/C(=C\c1cc[n+](CCOCCCOC(=O)CCC(C)(c2ccc(O)cc2)c2ccc(O)cc2)cc1)c1cc(-c2ccccc2)c(C(C#N)C(=O)OC)cc1-c1ccccc1. The van der Waals surface area contributed by atoms with E-state index in [0.717, 1.165) is 27.8 Å². The number of phenols is 2. The Kier molecular flexibility index (Phi) is 15.0. The van der Waals surface area contributed by atoms with Crippen molar-refractivity contribution in [2.45, 2.75) is 44.1 Å². The van der Waals surface area contributed by atoms with E-state index in [0.29, 0.717) is 60.6 Å². The molecule has 0 spiro atoms. The van der Waals surface area contributed by atoms with Gasteiger partial charge in [0.25, 0.3) is 0 Å². The summed E-state index contributed by atoms with van der Waals surface area (Å²) < 4.78 is 18.4. The van der Waals surface area contributed by atoms with Crippen LogP contribution in [0.3, 0.4) is 0 Å². The van der Waals surface area contributed by atoms with Crippen LogP contribution in [0, 0.1) is 17.9 Å². The number of methoxy groups -OCH3 is 1. The number of aromatic hydroxyl groups is 2. The minimum atomic E-state index is -1.17. The molecule has 1 aromatic heterocycles. The van der Waals surface area contributed by atoms with Crippen molar-refractivity contribution in [1.29, 1.82) is 5.26 Å². The van der Waals surface area contributed by atoms with E-state index >= 15 is 0 Å². The second kappa shape index (κ2) is 21.1. The van der Waals surface area contributed by atoms with Crippen molar-refractivity contribution < 1.29 is 38.6 Å². The molecule has 0 bridgehead atoms. The van der Waals surface area contributed by atoms with Gasteiger partial charge in [-0.1, -0.05) is 97.9 Å². The molecule has 0 aliphatic carbocycles. The third-order valence-electron chi connectivity index (χ3n) is 10.9. The van der Waals surface area contributed by atoms with E-state index < -0.39 is 17.3 Å². The predicted octanol–water partition coefficient (Wildman–Crippen LogP) is 9.65. The van der Waals surface area contributed by atoms with Gasteiger partial charge in [0.15, 0.2) is 30.6 Å². The molecular weight excluding hydrogens is 779 g/mol. The zero-order chi connectivity index (χ0) is 43.9. The topological polar surface area (TPSA) is 134 Å². The molecule has 0 aliphatic rings. The van der Waals surface area contributed by atoms with Gasteiger partial charge in [0.1, 0.15) is 18.1 Å². The van der Waals surface area contributed by atoms with Crippen molar-refractivity contribution in [1.82, 2.24) is 0 Å². The third-order valence-corrected chi connectivity index (χ3v) is 10.9. The molecule has 5 aromatic carbocycles. The zero-order valence-electron chi connectivity index (χ0n) is 34.7. The summed E-state index contributed by atoms with van der Waals surface area (Å²) in [6, 6.07) is 42.6. The molecule has 0 radical (unpaired) electrons. The van der Waals surface area contributed by atoms with Gasteiger partial charge in [0, 0.05) is 30.4 Å². The van der Waals surface area contributed by atoms with Crippen molar-refractivity contribution in [3.63, 3.8) is 0 Å². The number of nitriles is 1. The Morgan fingerprint density at radius 2 is 1.39 bits per heavy atom. The maximum atomic E-state index is 12.9. The number of hydrogen-bond acceptors (Lipinski definition) is 8.